The number of carbonyl (C=O) groups excluding carboxylic acids is 1. The molecule has 0 N–H and O–H groups in total. The van der Waals surface area contributed by atoms with E-state index in [0.717, 1.165) is 43.3 Å². The number of fused-ring (bicyclic) bond motifs is 1. The third-order valence-electron chi connectivity index (χ3n) is 5.04. The van der Waals surface area contributed by atoms with Crippen LogP contribution in [-0.2, 0) is 4.74 Å². The van der Waals surface area contributed by atoms with Gasteiger partial charge in [0, 0.05) is 11.9 Å². The minimum Gasteiger partial charge on any atom is -0.373 e. The average molecular weight is 310 g/mol. The van der Waals surface area contributed by atoms with Crippen molar-refractivity contribution < 1.29 is 9.53 Å². The summed E-state index contributed by atoms with van der Waals surface area (Å²) < 4.78 is 6.07. The molecule has 2 fully saturated rings. The molecule has 4 rings (SSSR count). The second-order valence-electron chi connectivity index (χ2n) is 7.02. The molecule has 2 aliphatic rings. The quantitative estimate of drug-likeness (QED) is 0.812. The smallest absolute Gasteiger partial charge is 0.272 e. The molecule has 1 spiro atoms. The van der Waals surface area contributed by atoms with Gasteiger partial charge in [-0.15, -0.1) is 0 Å². The van der Waals surface area contributed by atoms with Gasteiger partial charge >= 0.3 is 0 Å². The zero-order valence-corrected chi connectivity index (χ0v) is 13.5. The number of amides is 1. The predicted molar refractivity (Wildman–Crippen MR) is 89.3 cm³/mol. The van der Waals surface area contributed by atoms with Gasteiger partial charge in [0.15, 0.2) is 0 Å². The van der Waals surface area contributed by atoms with Gasteiger partial charge in [0.1, 0.15) is 5.69 Å². The Morgan fingerprint density at radius 2 is 2.17 bits per heavy atom. The average Bonchev–Trinajstić information content (AvgIpc) is 2.93. The number of rotatable bonds is 1. The van der Waals surface area contributed by atoms with Crippen LogP contribution in [0.5, 0.6) is 0 Å². The topological polar surface area (TPSA) is 42.4 Å². The van der Waals surface area contributed by atoms with Crippen LogP contribution in [0.1, 0.15) is 36.7 Å². The van der Waals surface area contributed by atoms with Crippen molar-refractivity contribution in [2.75, 3.05) is 19.7 Å². The van der Waals surface area contributed by atoms with Crippen LogP contribution in [-0.4, -0.2) is 41.1 Å². The Kier molecular flexibility index (Phi) is 3.57. The van der Waals surface area contributed by atoms with Crippen molar-refractivity contribution in [2.45, 2.75) is 31.8 Å². The highest BCUT2D eigenvalue weighted by molar-refractivity contribution is 5.95. The van der Waals surface area contributed by atoms with E-state index in [1.807, 2.05) is 41.3 Å². The first-order valence-corrected chi connectivity index (χ1v) is 8.44. The van der Waals surface area contributed by atoms with Gasteiger partial charge in [-0.2, -0.15) is 0 Å². The van der Waals surface area contributed by atoms with Crippen LogP contribution in [0.4, 0.5) is 0 Å². The van der Waals surface area contributed by atoms with Gasteiger partial charge in [-0.25, -0.2) is 4.98 Å². The summed E-state index contributed by atoms with van der Waals surface area (Å²) in [6.07, 6.45) is 3.13. The Morgan fingerprint density at radius 3 is 3.00 bits per heavy atom. The van der Waals surface area contributed by atoms with Crippen LogP contribution < -0.4 is 0 Å². The highest BCUT2D eigenvalue weighted by atomic mass is 16.5. The summed E-state index contributed by atoms with van der Waals surface area (Å²) in [7, 11) is 0. The van der Waals surface area contributed by atoms with Gasteiger partial charge in [0.25, 0.3) is 5.91 Å². The molecule has 1 amide bonds. The number of likely N-dealkylation sites (tertiary alicyclic amines) is 1. The van der Waals surface area contributed by atoms with Crippen LogP contribution >= 0.6 is 0 Å². The Balaban J connectivity index is 1.57. The van der Waals surface area contributed by atoms with E-state index in [9.17, 15) is 4.79 Å². The Labute approximate surface area is 136 Å². The van der Waals surface area contributed by atoms with Crippen molar-refractivity contribution in [1.29, 1.82) is 0 Å². The molecule has 0 radical (unpaired) electrons. The molecular weight excluding hydrogens is 288 g/mol. The van der Waals surface area contributed by atoms with E-state index in [4.69, 9.17) is 4.74 Å². The summed E-state index contributed by atoms with van der Waals surface area (Å²) in [6, 6.07) is 11.7. The second-order valence-corrected chi connectivity index (χ2v) is 7.02. The summed E-state index contributed by atoms with van der Waals surface area (Å²) in [4.78, 5) is 19.4. The van der Waals surface area contributed by atoms with Crippen LogP contribution in [0, 0.1) is 5.92 Å². The first-order chi connectivity index (χ1) is 11.2. The van der Waals surface area contributed by atoms with Crippen molar-refractivity contribution in [2.24, 2.45) is 5.92 Å². The molecule has 1 aromatic heterocycles. The maximum absolute atomic E-state index is 12.9. The maximum Gasteiger partial charge on any atom is 0.272 e. The fourth-order valence-corrected chi connectivity index (χ4v) is 3.97. The van der Waals surface area contributed by atoms with Gasteiger partial charge in [0.05, 0.1) is 24.3 Å². The first-order valence-electron chi connectivity index (χ1n) is 8.44. The molecule has 120 valence electrons. The van der Waals surface area contributed by atoms with E-state index >= 15 is 0 Å². The third-order valence-corrected chi connectivity index (χ3v) is 5.04. The van der Waals surface area contributed by atoms with Gasteiger partial charge in [-0.1, -0.05) is 31.2 Å². The minimum absolute atomic E-state index is 0.0259. The number of hydrogen-bond acceptors (Lipinski definition) is 3. The SMILES string of the molecule is CC1COC2(CCCN(C(=O)c3ccc4ccccc4n3)C2)C1. The van der Waals surface area contributed by atoms with Crippen molar-refractivity contribution in [3.63, 3.8) is 0 Å². The van der Waals surface area contributed by atoms with Gasteiger partial charge in [0.2, 0.25) is 0 Å². The molecule has 3 heterocycles. The summed E-state index contributed by atoms with van der Waals surface area (Å²) in [5, 5.41) is 1.06. The molecule has 2 atom stereocenters. The predicted octanol–water partition coefficient (Wildman–Crippen LogP) is 3.27. The van der Waals surface area contributed by atoms with Crippen LogP contribution in [0.15, 0.2) is 36.4 Å². The summed E-state index contributed by atoms with van der Waals surface area (Å²) >= 11 is 0. The number of benzene rings is 1. The molecule has 2 unspecified atom stereocenters. The molecule has 2 saturated heterocycles. The van der Waals surface area contributed by atoms with E-state index in [1.165, 1.54) is 0 Å². The van der Waals surface area contributed by atoms with Crippen LogP contribution in [0.25, 0.3) is 10.9 Å². The van der Waals surface area contributed by atoms with Crippen molar-refractivity contribution in [3.05, 3.63) is 42.1 Å². The van der Waals surface area contributed by atoms with E-state index in [2.05, 4.69) is 11.9 Å². The fourth-order valence-electron chi connectivity index (χ4n) is 3.97. The molecule has 0 bridgehead atoms. The highest BCUT2D eigenvalue weighted by Gasteiger charge is 2.43. The van der Waals surface area contributed by atoms with Crippen LogP contribution in [0.2, 0.25) is 0 Å². The van der Waals surface area contributed by atoms with Crippen LogP contribution in [0.3, 0.4) is 0 Å². The van der Waals surface area contributed by atoms with Gasteiger partial charge in [-0.05, 0) is 37.3 Å². The van der Waals surface area contributed by atoms with Crippen molar-refractivity contribution in [3.8, 4) is 0 Å². The summed E-state index contributed by atoms with van der Waals surface area (Å²) in [5.74, 6) is 0.613. The molecule has 4 heteroatoms. The number of pyridine rings is 1. The third kappa shape index (κ3) is 2.72. The zero-order chi connectivity index (χ0) is 15.9. The maximum atomic E-state index is 12.9. The summed E-state index contributed by atoms with van der Waals surface area (Å²) in [6.45, 7) is 4.54. The molecule has 23 heavy (non-hydrogen) atoms. The minimum atomic E-state index is -0.121. The van der Waals surface area contributed by atoms with Crippen molar-refractivity contribution in [1.82, 2.24) is 9.88 Å². The highest BCUT2D eigenvalue weighted by Crippen LogP contribution is 2.37. The number of ether oxygens (including phenoxy) is 1. The van der Waals surface area contributed by atoms with Gasteiger partial charge in [-0.3, -0.25) is 4.79 Å². The number of nitrogens with zero attached hydrogens (tertiary/aromatic N) is 2. The lowest BCUT2D eigenvalue weighted by Gasteiger charge is -2.39. The molecule has 2 aromatic rings. The number of aromatic nitrogens is 1. The lowest BCUT2D eigenvalue weighted by molar-refractivity contribution is -0.0450. The Hall–Kier alpha value is -1.94. The molecule has 1 aromatic carbocycles. The molecular formula is C19H22N2O2. The number of piperidine rings is 1. The fraction of sp³-hybridized carbons (Fsp3) is 0.474. The van der Waals surface area contributed by atoms with Crippen molar-refractivity contribution >= 4 is 16.8 Å². The summed E-state index contributed by atoms with van der Waals surface area (Å²) in [5.41, 5.74) is 1.28. The largest absolute Gasteiger partial charge is 0.373 e. The molecule has 4 nitrogen and oxygen atoms in total. The normalized spacial score (nSPS) is 27.7. The van der Waals surface area contributed by atoms with E-state index in [1.54, 1.807) is 0 Å². The molecule has 2 aliphatic heterocycles. The number of hydrogen-bond donors (Lipinski definition) is 0. The van der Waals surface area contributed by atoms with E-state index < -0.39 is 0 Å². The van der Waals surface area contributed by atoms with E-state index in [0.29, 0.717) is 18.2 Å². The standard InChI is InChI=1S/C19H22N2O2/c1-14-11-19(23-12-14)9-4-10-21(13-19)18(22)17-8-7-15-5-2-3-6-16(15)20-17/h2-3,5-8,14H,4,9-13H2,1H3. The Morgan fingerprint density at radius 1 is 1.30 bits per heavy atom. The van der Waals surface area contributed by atoms with Gasteiger partial charge < -0.3 is 9.64 Å². The first kappa shape index (κ1) is 14.6. The van der Waals surface area contributed by atoms with E-state index in [-0.39, 0.29) is 11.5 Å². The Bertz CT molecular complexity index is 741. The zero-order valence-electron chi connectivity index (χ0n) is 13.5. The second kappa shape index (κ2) is 5.60. The number of carbonyl (C=O) groups is 1. The lowest BCUT2D eigenvalue weighted by Crippen LogP contribution is -2.50. The molecule has 0 aliphatic carbocycles. The molecule has 0 saturated carbocycles. The number of para-hydroxylation sites is 1. The monoisotopic (exact) mass is 310 g/mol. The lowest BCUT2D eigenvalue weighted by atomic mass is 9.87.